The van der Waals surface area contributed by atoms with Crippen LogP contribution >= 0.6 is 0 Å². The minimum absolute atomic E-state index is 0.124. The van der Waals surface area contributed by atoms with Crippen LogP contribution in [0.15, 0.2) is 4.99 Å². The zero-order valence-electron chi connectivity index (χ0n) is 8.68. The van der Waals surface area contributed by atoms with E-state index in [-0.39, 0.29) is 5.96 Å². The van der Waals surface area contributed by atoms with Crippen LogP contribution < -0.4 is 11.5 Å². The van der Waals surface area contributed by atoms with Gasteiger partial charge < -0.3 is 21.0 Å². The highest BCUT2D eigenvalue weighted by Gasteiger charge is 2.19. The minimum atomic E-state index is -0.683. The van der Waals surface area contributed by atoms with Crippen molar-refractivity contribution < 1.29 is 14.4 Å². The maximum atomic E-state index is 11.4. The highest BCUT2D eigenvalue weighted by molar-refractivity contribution is 5.82. The SMILES string of the molecule is CC(N=C(N)N)C(=O)ON1CCOCC1. The van der Waals surface area contributed by atoms with Gasteiger partial charge in [0.15, 0.2) is 5.96 Å². The molecular weight excluding hydrogens is 200 g/mol. The summed E-state index contributed by atoms with van der Waals surface area (Å²) in [4.78, 5) is 20.2. The van der Waals surface area contributed by atoms with Crippen molar-refractivity contribution in [2.75, 3.05) is 26.3 Å². The van der Waals surface area contributed by atoms with E-state index in [2.05, 4.69) is 4.99 Å². The molecule has 7 heteroatoms. The summed E-state index contributed by atoms with van der Waals surface area (Å²) < 4.78 is 5.11. The fourth-order valence-corrected chi connectivity index (χ4v) is 1.12. The monoisotopic (exact) mass is 216 g/mol. The Morgan fingerprint density at radius 2 is 2.07 bits per heavy atom. The first kappa shape index (κ1) is 11.7. The molecule has 1 saturated heterocycles. The van der Waals surface area contributed by atoms with Crippen LogP contribution in [-0.2, 0) is 14.4 Å². The predicted octanol–water partition coefficient (Wildman–Crippen LogP) is -1.56. The fourth-order valence-electron chi connectivity index (χ4n) is 1.12. The molecule has 1 atom stereocenters. The Labute approximate surface area is 88.0 Å². The summed E-state index contributed by atoms with van der Waals surface area (Å²) in [6.07, 6.45) is 0. The van der Waals surface area contributed by atoms with E-state index in [0.29, 0.717) is 26.3 Å². The maximum absolute atomic E-state index is 11.4. The van der Waals surface area contributed by atoms with Gasteiger partial charge in [-0.3, -0.25) is 0 Å². The maximum Gasteiger partial charge on any atom is 0.349 e. The smallest absolute Gasteiger partial charge is 0.349 e. The molecule has 1 fully saturated rings. The van der Waals surface area contributed by atoms with E-state index < -0.39 is 12.0 Å². The number of nitrogens with two attached hydrogens (primary N) is 2. The first-order valence-corrected chi connectivity index (χ1v) is 4.73. The highest BCUT2D eigenvalue weighted by atomic mass is 16.7. The molecule has 0 radical (unpaired) electrons. The summed E-state index contributed by atoms with van der Waals surface area (Å²) in [5.74, 6) is -0.591. The number of nitrogens with zero attached hydrogens (tertiary/aromatic N) is 2. The van der Waals surface area contributed by atoms with E-state index in [4.69, 9.17) is 21.0 Å². The van der Waals surface area contributed by atoms with Gasteiger partial charge >= 0.3 is 5.97 Å². The number of carbonyl (C=O) groups is 1. The molecule has 4 N–H and O–H groups in total. The van der Waals surface area contributed by atoms with Crippen LogP contribution in [-0.4, -0.2) is 49.3 Å². The number of guanidine groups is 1. The molecule has 0 saturated carbocycles. The van der Waals surface area contributed by atoms with Gasteiger partial charge in [0.25, 0.3) is 0 Å². The van der Waals surface area contributed by atoms with Crippen LogP contribution in [0.1, 0.15) is 6.92 Å². The molecule has 1 heterocycles. The summed E-state index contributed by atoms with van der Waals surface area (Å²) >= 11 is 0. The third-order valence-corrected chi connectivity index (χ3v) is 1.87. The molecule has 7 nitrogen and oxygen atoms in total. The third-order valence-electron chi connectivity index (χ3n) is 1.87. The molecule has 0 aromatic carbocycles. The number of carbonyl (C=O) groups excluding carboxylic acids is 1. The number of rotatable bonds is 3. The van der Waals surface area contributed by atoms with E-state index in [9.17, 15) is 4.79 Å². The lowest BCUT2D eigenvalue weighted by atomic mass is 10.4. The molecule has 0 aliphatic carbocycles. The van der Waals surface area contributed by atoms with E-state index in [1.165, 1.54) is 0 Å². The second-order valence-corrected chi connectivity index (χ2v) is 3.18. The lowest BCUT2D eigenvalue weighted by Gasteiger charge is -2.25. The third kappa shape index (κ3) is 4.13. The average molecular weight is 216 g/mol. The van der Waals surface area contributed by atoms with Crippen molar-refractivity contribution >= 4 is 11.9 Å². The topological polar surface area (TPSA) is 103 Å². The summed E-state index contributed by atoms with van der Waals surface area (Å²) in [5, 5.41) is 1.55. The largest absolute Gasteiger partial charge is 0.379 e. The molecular formula is C8H16N4O3. The van der Waals surface area contributed by atoms with Gasteiger partial charge in [0.1, 0.15) is 6.04 Å². The van der Waals surface area contributed by atoms with Crippen molar-refractivity contribution in [3.8, 4) is 0 Å². The van der Waals surface area contributed by atoms with E-state index in [0.717, 1.165) is 0 Å². The zero-order chi connectivity index (χ0) is 11.3. The van der Waals surface area contributed by atoms with Crippen LogP contribution in [0.25, 0.3) is 0 Å². The molecule has 0 bridgehead atoms. The zero-order valence-corrected chi connectivity index (χ0v) is 8.68. The lowest BCUT2D eigenvalue weighted by molar-refractivity contribution is -0.206. The van der Waals surface area contributed by atoms with Gasteiger partial charge in [-0.2, -0.15) is 0 Å². The van der Waals surface area contributed by atoms with Gasteiger partial charge in [-0.15, -0.1) is 5.06 Å². The van der Waals surface area contributed by atoms with Gasteiger partial charge in [0.2, 0.25) is 0 Å². The van der Waals surface area contributed by atoms with Gasteiger partial charge in [-0.1, -0.05) is 0 Å². The number of ether oxygens (including phenoxy) is 1. The van der Waals surface area contributed by atoms with Crippen molar-refractivity contribution in [3.05, 3.63) is 0 Å². The van der Waals surface area contributed by atoms with Crippen molar-refractivity contribution in [2.24, 2.45) is 16.5 Å². The Morgan fingerprint density at radius 1 is 1.47 bits per heavy atom. The normalized spacial score (nSPS) is 19.3. The van der Waals surface area contributed by atoms with Gasteiger partial charge in [-0.25, -0.2) is 9.79 Å². The summed E-state index contributed by atoms with van der Waals surface area (Å²) in [6.45, 7) is 3.83. The number of hydroxylamine groups is 2. The molecule has 0 aromatic heterocycles. The number of hydrogen-bond acceptors (Lipinski definition) is 5. The first-order valence-electron chi connectivity index (χ1n) is 4.73. The van der Waals surface area contributed by atoms with Crippen LogP contribution in [0.5, 0.6) is 0 Å². The summed E-state index contributed by atoms with van der Waals surface area (Å²) in [6, 6.07) is -0.683. The van der Waals surface area contributed by atoms with Gasteiger partial charge in [0.05, 0.1) is 26.3 Å². The fraction of sp³-hybridized carbons (Fsp3) is 0.750. The molecule has 1 unspecified atom stereocenters. The average Bonchev–Trinajstić information content (AvgIpc) is 2.18. The Bertz CT molecular complexity index is 246. The minimum Gasteiger partial charge on any atom is -0.379 e. The highest BCUT2D eigenvalue weighted by Crippen LogP contribution is 2.01. The molecule has 86 valence electrons. The predicted molar refractivity (Wildman–Crippen MR) is 53.8 cm³/mol. The number of hydrogen-bond donors (Lipinski definition) is 2. The summed E-state index contributed by atoms with van der Waals surface area (Å²) in [5.41, 5.74) is 10.3. The molecule has 1 rings (SSSR count). The van der Waals surface area contributed by atoms with Crippen LogP contribution in [0.4, 0.5) is 0 Å². The molecule has 0 spiro atoms. The Hall–Kier alpha value is -1.34. The van der Waals surface area contributed by atoms with E-state index in [1.807, 2.05) is 0 Å². The number of morpholine rings is 1. The molecule has 1 aliphatic heterocycles. The Kier molecular flexibility index (Phi) is 4.32. The molecule has 0 amide bonds. The second kappa shape index (κ2) is 5.52. The standard InChI is InChI=1S/C8H16N4O3/c1-6(11-8(9)10)7(13)15-12-2-4-14-5-3-12/h6H,2-5H2,1H3,(H4,9,10,11). The Morgan fingerprint density at radius 3 is 2.60 bits per heavy atom. The molecule has 1 aliphatic rings. The van der Waals surface area contributed by atoms with Crippen molar-refractivity contribution in [3.63, 3.8) is 0 Å². The van der Waals surface area contributed by atoms with E-state index in [1.54, 1.807) is 12.0 Å². The Balaban J connectivity index is 2.36. The molecule has 0 aromatic rings. The number of aliphatic imine (C=N–C) groups is 1. The second-order valence-electron chi connectivity index (χ2n) is 3.18. The van der Waals surface area contributed by atoms with Crippen molar-refractivity contribution in [2.45, 2.75) is 13.0 Å². The van der Waals surface area contributed by atoms with Crippen LogP contribution in [0.2, 0.25) is 0 Å². The van der Waals surface area contributed by atoms with Crippen molar-refractivity contribution in [1.29, 1.82) is 0 Å². The van der Waals surface area contributed by atoms with Crippen LogP contribution in [0.3, 0.4) is 0 Å². The summed E-state index contributed by atoms with van der Waals surface area (Å²) in [7, 11) is 0. The quantitative estimate of drug-likeness (QED) is 0.437. The molecule has 15 heavy (non-hydrogen) atoms. The van der Waals surface area contributed by atoms with Crippen LogP contribution in [0, 0.1) is 0 Å². The van der Waals surface area contributed by atoms with Crippen molar-refractivity contribution in [1.82, 2.24) is 5.06 Å². The van der Waals surface area contributed by atoms with Gasteiger partial charge in [-0.05, 0) is 6.92 Å². The lowest BCUT2D eigenvalue weighted by Crippen LogP contribution is -2.40. The first-order chi connectivity index (χ1) is 7.09. The van der Waals surface area contributed by atoms with Gasteiger partial charge in [0, 0.05) is 0 Å². The van der Waals surface area contributed by atoms with E-state index >= 15 is 0 Å².